The van der Waals surface area contributed by atoms with Gasteiger partial charge in [-0.1, -0.05) is 5.11 Å². The summed E-state index contributed by atoms with van der Waals surface area (Å²) in [5.41, 5.74) is 7.05. The maximum atomic E-state index is 11.9. The van der Waals surface area contributed by atoms with Crippen molar-refractivity contribution >= 4 is 11.6 Å². The van der Waals surface area contributed by atoms with Crippen molar-refractivity contribution in [1.82, 2.24) is 9.55 Å². The molecule has 3 N–H and O–H groups in total. The molecule has 0 aromatic carbocycles. The topological polar surface area (TPSA) is 153 Å². The molecular formula is C11H14ClN5O5. The van der Waals surface area contributed by atoms with Gasteiger partial charge in [0, 0.05) is 29.0 Å². The Bertz CT molecular complexity index is 697. The van der Waals surface area contributed by atoms with E-state index in [0.29, 0.717) is 0 Å². The molecule has 10 nitrogen and oxygen atoms in total. The Balaban J connectivity index is 2.43. The highest BCUT2D eigenvalue weighted by atomic mass is 35.5. The van der Waals surface area contributed by atoms with Crippen molar-refractivity contribution in [3.8, 4) is 0 Å². The van der Waals surface area contributed by atoms with Gasteiger partial charge in [-0.05, 0) is 5.53 Å². The summed E-state index contributed by atoms with van der Waals surface area (Å²) in [6.07, 6.45) is -1.33. The van der Waals surface area contributed by atoms with Crippen LogP contribution in [0.25, 0.3) is 10.4 Å². The van der Waals surface area contributed by atoms with Gasteiger partial charge in [0.15, 0.2) is 0 Å². The zero-order valence-electron chi connectivity index (χ0n) is 11.3. The minimum Gasteiger partial charge on any atom is -0.394 e. The Morgan fingerprint density at radius 1 is 1.64 bits per heavy atom. The Morgan fingerprint density at radius 2 is 2.36 bits per heavy atom. The molecule has 0 radical (unpaired) electrons. The van der Waals surface area contributed by atoms with E-state index in [2.05, 4.69) is 15.0 Å². The molecular weight excluding hydrogens is 318 g/mol. The standard InChI is InChI=1S/C11H14ClN5O5/c12-2-6(15-16-13)5-3-17(11(21)14-10(5)20)9-1-7(19)8(4-18)22-9/h3,6-9,18-19H,1-2,4H2,(H,14,20,21)/t6-,7-,8+,9+/m0/s1. The third-order valence-electron chi connectivity index (χ3n) is 3.39. The van der Waals surface area contributed by atoms with Crippen LogP contribution in [0.4, 0.5) is 0 Å². The van der Waals surface area contributed by atoms with Crippen LogP contribution in [-0.2, 0) is 4.74 Å². The van der Waals surface area contributed by atoms with E-state index in [1.165, 1.54) is 6.20 Å². The molecule has 1 aromatic heterocycles. The molecule has 1 fully saturated rings. The van der Waals surface area contributed by atoms with Crippen LogP contribution in [0.3, 0.4) is 0 Å². The molecule has 0 unspecified atom stereocenters. The van der Waals surface area contributed by atoms with Crippen molar-refractivity contribution in [2.75, 3.05) is 12.5 Å². The average molecular weight is 332 g/mol. The van der Waals surface area contributed by atoms with Gasteiger partial charge < -0.3 is 14.9 Å². The van der Waals surface area contributed by atoms with Crippen LogP contribution >= 0.6 is 11.6 Å². The van der Waals surface area contributed by atoms with Crippen LogP contribution in [-0.4, -0.2) is 44.5 Å². The molecule has 1 aromatic rings. The molecule has 0 aliphatic carbocycles. The lowest BCUT2D eigenvalue weighted by Gasteiger charge is -2.16. The summed E-state index contributed by atoms with van der Waals surface area (Å²) >= 11 is 5.66. The van der Waals surface area contributed by atoms with Gasteiger partial charge in [0.25, 0.3) is 5.56 Å². The Kier molecular flexibility index (Phi) is 5.22. The van der Waals surface area contributed by atoms with Crippen molar-refractivity contribution in [2.24, 2.45) is 5.11 Å². The molecule has 2 heterocycles. The van der Waals surface area contributed by atoms with E-state index in [9.17, 15) is 14.7 Å². The zero-order valence-corrected chi connectivity index (χ0v) is 12.0. The summed E-state index contributed by atoms with van der Waals surface area (Å²) in [4.78, 5) is 28.4. The maximum Gasteiger partial charge on any atom is 0.330 e. The number of nitrogens with zero attached hydrogens (tertiary/aromatic N) is 4. The molecule has 0 saturated carbocycles. The summed E-state index contributed by atoms with van der Waals surface area (Å²) in [6, 6.07) is -0.942. The van der Waals surface area contributed by atoms with Gasteiger partial charge in [-0.3, -0.25) is 14.3 Å². The predicted molar refractivity (Wildman–Crippen MR) is 75.5 cm³/mol. The second-order valence-corrected chi connectivity index (χ2v) is 5.05. The smallest absolute Gasteiger partial charge is 0.330 e. The highest BCUT2D eigenvalue weighted by Gasteiger charge is 2.35. The van der Waals surface area contributed by atoms with Gasteiger partial charge in [0.2, 0.25) is 0 Å². The lowest BCUT2D eigenvalue weighted by atomic mass is 10.1. The molecule has 22 heavy (non-hydrogen) atoms. The van der Waals surface area contributed by atoms with Crippen molar-refractivity contribution in [3.05, 3.63) is 43.0 Å². The molecule has 11 heteroatoms. The van der Waals surface area contributed by atoms with Crippen molar-refractivity contribution in [3.63, 3.8) is 0 Å². The van der Waals surface area contributed by atoms with Gasteiger partial charge >= 0.3 is 5.69 Å². The number of aromatic nitrogens is 2. The van der Waals surface area contributed by atoms with Crippen LogP contribution in [0.1, 0.15) is 24.3 Å². The highest BCUT2D eigenvalue weighted by Crippen LogP contribution is 2.27. The number of rotatable bonds is 5. The summed E-state index contributed by atoms with van der Waals surface area (Å²) < 4.78 is 6.43. The number of aromatic amines is 1. The van der Waals surface area contributed by atoms with Gasteiger partial charge in [-0.15, -0.1) is 11.6 Å². The normalized spacial score (nSPS) is 25.7. The van der Waals surface area contributed by atoms with Crippen LogP contribution < -0.4 is 11.2 Å². The van der Waals surface area contributed by atoms with E-state index in [1.807, 2.05) is 0 Å². The average Bonchev–Trinajstić information content (AvgIpc) is 2.86. The van der Waals surface area contributed by atoms with E-state index in [-0.39, 0.29) is 17.9 Å². The number of halogens is 1. The van der Waals surface area contributed by atoms with E-state index in [1.54, 1.807) is 0 Å². The molecule has 0 spiro atoms. The SMILES string of the molecule is [N-]=[N+]=N[C@@H](CCl)c1cn([C@H]2C[C@H](O)[C@@H](CO)O2)c(=O)[nH]c1=O. The number of aliphatic hydroxyl groups is 2. The van der Waals surface area contributed by atoms with Gasteiger partial charge in [0.05, 0.1) is 18.8 Å². The van der Waals surface area contributed by atoms with E-state index in [4.69, 9.17) is 27.0 Å². The van der Waals surface area contributed by atoms with E-state index < -0.39 is 42.3 Å². The first-order chi connectivity index (χ1) is 10.5. The second-order valence-electron chi connectivity index (χ2n) is 4.74. The zero-order chi connectivity index (χ0) is 16.3. The first-order valence-electron chi connectivity index (χ1n) is 6.41. The lowest BCUT2D eigenvalue weighted by Crippen LogP contribution is -2.35. The first kappa shape index (κ1) is 16.5. The van der Waals surface area contributed by atoms with Crippen molar-refractivity contribution in [2.45, 2.75) is 30.9 Å². The number of ether oxygens (including phenoxy) is 1. The minimum atomic E-state index is -0.942. The largest absolute Gasteiger partial charge is 0.394 e. The molecule has 0 bridgehead atoms. The number of azide groups is 1. The quantitative estimate of drug-likeness (QED) is 0.294. The molecule has 1 saturated heterocycles. The van der Waals surface area contributed by atoms with Crippen LogP contribution in [0.5, 0.6) is 0 Å². The fourth-order valence-electron chi connectivity index (χ4n) is 2.24. The first-order valence-corrected chi connectivity index (χ1v) is 6.95. The number of H-pyrrole nitrogens is 1. The second kappa shape index (κ2) is 6.95. The maximum absolute atomic E-state index is 11.9. The predicted octanol–water partition coefficient (Wildman–Crippen LogP) is -0.233. The van der Waals surface area contributed by atoms with Gasteiger partial charge in [-0.2, -0.15) is 0 Å². The van der Waals surface area contributed by atoms with Crippen LogP contribution in [0, 0.1) is 0 Å². The monoisotopic (exact) mass is 331 g/mol. The molecule has 0 amide bonds. The fraction of sp³-hybridized carbons (Fsp3) is 0.636. The van der Waals surface area contributed by atoms with Crippen molar-refractivity contribution < 1.29 is 14.9 Å². The summed E-state index contributed by atoms with van der Waals surface area (Å²) in [5.74, 6) is -0.140. The number of hydrogen-bond acceptors (Lipinski definition) is 6. The van der Waals surface area contributed by atoms with E-state index in [0.717, 1.165) is 4.57 Å². The molecule has 4 atom stereocenters. The minimum absolute atomic E-state index is 0.0120. The van der Waals surface area contributed by atoms with E-state index >= 15 is 0 Å². The molecule has 120 valence electrons. The lowest BCUT2D eigenvalue weighted by molar-refractivity contribution is -0.0460. The van der Waals surface area contributed by atoms with Gasteiger partial charge in [0.1, 0.15) is 12.3 Å². The Hall–Kier alpha value is -1.84. The number of hydrogen-bond donors (Lipinski definition) is 3. The number of aliphatic hydroxyl groups excluding tert-OH is 2. The highest BCUT2D eigenvalue weighted by molar-refractivity contribution is 6.18. The van der Waals surface area contributed by atoms with Gasteiger partial charge in [-0.25, -0.2) is 4.79 Å². The molecule has 2 rings (SSSR count). The van der Waals surface area contributed by atoms with Crippen LogP contribution in [0.2, 0.25) is 0 Å². The summed E-state index contributed by atoms with van der Waals surface area (Å²) in [5, 5.41) is 22.2. The fourth-order valence-corrected chi connectivity index (χ4v) is 2.47. The summed E-state index contributed by atoms with van der Waals surface area (Å²) in [6.45, 7) is -0.397. The number of nitrogens with one attached hydrogen (secondary N) is 1. The molecule has 1 aliphatic rings. The third kappa shape index (κ3) is 3.16. The van der Waals surface area contributed by atoms with Crippen LogP contribution in [0.15, 0.2) is 20.9 Å². The molecule has 1 aliphatic heterocycles. The Morgan fingerprint density at radius 3 is 2.91 bits per heavy atom. The number of alkyl halides is 1. The third-order valence-corrected chi connectivity index (χ3v) is 3.68. The summed E-state index contributed by atoms with van der Waals surface area (Å²) in [7, 11) is 0. The van der Waals surface area contributed by atoms with Crippen molar-refractivity contribution in [1.29, 1.82) is 0 Å². The Labute approximate surface area is 128 Å².